The zero-order valence-electron chi connectivity index (χ0n) is 10.2. The largest absolute Gasteiger partial charge is 0.386 e. The molecule has 1 amide bonds. The second kappa shape index (κ2) is 6.21. The summed E-state index contributed by atoms with van der Waals surface area (Å²) in [5.41, 5.74) is 4.79. The van der Waals surface area contributed by atoms with E-state index in [1.807, 2.05) is 6.92 Å². The summed E-state index contributed by atoms with van der Waals surface area (Å²) in [5.74, 6) is 0.186. The molecule has 0 bridgehead atoms. The Bertz CT molecular complexity index is 225. The fourth-order valence-corrected chi connectivity index (χ4v) is 2.00. The molecule has 0 radical (unpaired) electrons. The summed E-state index contributed by atoms with van der Waals surface area (Å²) in [6, 6.07) is 0. The van der Waals surface area contributed by atoms with Gasteiger partial charge in [-0.15, -0.1) is 0 Å². The van der Waals surface area contributed by atoms with Gasteiger partial charge in [0.1, 0.15) is 0 Å². The van der Waals surface area contributed by atoms with E-state index in [9.17, 15) is 9.90 Å². The first-order chi connectivity index (χ1) is 7.61. The molecule has 4 heteroatoms. The van der Waals surface area contributed by atoms with Crippen LogP contribution in [-0.2, 0) is 4.79 Å². The van der Waals surface area contributed by atoms with Gasteiger partial charge in [0.05, 0.1) is 18.7 Å². The first-order valence-electron chi connectivity index (χ1n) is 6.31. The van der Waals surface area contributed by atoms with Crippen molar-refractivity contribution >= 4 is 5.91 Å². The molecule has 1 aliphatic rings. The molecule has 0 saturated carbocycles. The van der Waals surface area contributed by atoms with E-state index in [2.05, 4.69) is 0 Å². The number of aliphatic hydroxyl groups is 1. The summed E-state index contributed by atoms with van der Waals surface area (Å²) in [5, 5.41) is 9.77. The van der Waals surface area contributed by atoms with Crippen molar-refractivity contribution in [2.45, 2.75) is 51.0 Å². The van der Waals surface area contributed by atoms with E-state index in [1.54, 1.807) is 4.90 Å². The number of likely N-dealkylation sites (tertiary alicyclic amines) is 1. The van der Waals surface area contributed by atoms with Gasteiger partial charge in [-0.05, 0) is 25.8 Å². The van der Waals surface area contributed by atoms with Crippen molar-refractivity contribution in [2.24, 2.45) is 5.73 Å². The van der Waals surface area contributed by atoms with Crippen LogP contribution in [0.5, 0.6) is 0 Å². The van der Waals surface area contributed by atoms with Gasteiger partial charge in [-0.2, -0.15) is 0 Å². The van der Waals surface area contributed by atoms with E-state index in [4.69, 9.17) is 5.73 Å². The topological polar surface area (TPSA) is 66.6 Å². The van der Waals surface area contributed by atoms with E-state index >= 15 is 0 Å². The minimum Gasteiger partial charge on any atom is -0.386 e. The number of unbranched alkanes of at least 4 members (excludes halogenated alkanes) is 3. The van der Waals surface area contributed by atoms with Gasteiger partial charge in [-0.25, -0.2) is 0 Å². The molecule has 1 rings (SSSR count). The molecule has 1 aliphatic heterocycles. The van der Waals surface area contributed by atoms with Crippen molar-refractivity contribution in [2.75, 3.05) is 19.6 Å². The average molecular weight is 228 g/mol. The SMILES string of the molecule is CCC1(O)CN(C(=O)CCCCCCN)C1. The maximum absolute atomic E-state index is 11.7. The van der Waals surface area contributed by atoms with Crippen LogP contribution < -0.4 is 5.73 Å². The zero-order chi connectivity index (χ0) is 12.0. The number of rotatable bonds is 7. The van der Waals surface area contributed by atoms with Gasteiger partial charge in [-0.1, -0.05) is 19.8 Å². The third-order valence-electron chi connectivity index (χ3n) is 3.33. The van der Waals surface area contributed by atoms with Crippen LogP contribution in [0.25, 0.3) is 0 Å². The fourth-order valence-electron chi connectivity index (χ4n) is 2.00. The molecule has 0 aromatic rings. The van der Waals surface area contributed by atoms with Crippen LogP contribution in [0, 0.1) is 0 Å². The molecular formula is C12H24N2O2. The van der Waals surface area contributed by atoms with Gasteiger partial charge in [-0.3, -0.25) is 4.79 Å². The predicted molar refractivity (Wildman–Crippen MR) is 64.0 cm³/mol. The number of carbonyl (C=O) groups excluding carboxylic acids is 1. The van der Waals surface area contributed by atoms with Gasteiger partial charge in [0, 0.05) is 6.42 Å². The van der Waals surface area contributed by atoms with Gasteiger partial charge in [0.2, 0.25) is 5.91 Å². The third-order valence-corrected chi connectivity index (χ3v) is 3.33. The third kappa shape index (κ3) is 3.76. The first kappa shape index (κ1) is 13.5. The molecule has 0 spiro atoms. The molecule has 16 heavy (non-hydrogen) atoms. The summed E-state index contributed by atoms with van der Waals surface area (Å²) >= 11 is 0. The number of carbonyl (C=O) groups is 1. The Kier molecular flexibility index (Phi) is 5.22. The second-order valence-electron chi connectivity index (χ2n) is 4.78. The van der Waals surface area contributed by atoms with Crippen molar-refractivity contribution in [1.29, 1.82) is 0 Å². The van der Waals surface area contributed by atoms with Gasteiger partial charge >= 0.3 is 0 Å². The monoisotopic (exact) mass is 228 g/mol. The molecule has 0 aliphatic carbocycles. The lowest BCUT2D eigenvalue weighted by Crippen LogP contribution is -2.63. The van der Waals surface area contributed by atoms with E-state index in [1.165, 1.54) is 0 Å². The Balaban J connectivity index is 2.05. The minimum absolute atomic E-state index is 0.186. The molecule has 4 nitrogen and oxygen atoms in total. The lowest BCUT2D eigenvalue weighted by Gasteiger charge is -2.46. The van der Waals surface area contributed by atoms with Crippen LogP contribution in [-0.4, -0.2) is 41.1 Å². The van der Waals surface area contributed by atoms with Crippen LogP contribution in [0.2, 0.25) is 0 Å². The Labute approximate surface area is 97.8 Å². The number of amides is 1. The number of hydrogen-bond acceptors (Lipinski definition) is 3. The molecule has 0 unspecified atom stereocenters. The highest BCUT2D eigenvalue weighted by Gasteiger charge is 2.41. The minimum atomic E-state index is -0.602. The van der Waals surface area contributed by atoms with E-state index in [0.29, 0.717) is 19.5 Å². The lowest BCUT2D eigenvalue weighted by atomic mass is 9.91. The number of nitrogens with two attached hydrogens (primary N) is 1. The molecule has 1 heterocycles. The molecule has 1 fully saturated rings. The summed E-state index contributed by atoms with van der Waals surface area (Å²) in [7, 11) is 0. The van der Waals surface area contributed by atoms with Crippen LogP contribution in [0.15, 0.2) is 0 Å². The molecule has 0 aromatic carbocycles. The number of nitrogens with zero attached hydrogens (tertiary/aromatic N) is 1. The molecule has 0 atom stereocenters. The maximum Gasteiger partial charge on any atom is 0.222 e. The Morgan fingerprint density at radius 2 is 1.94 bits per heavy atom. The van der Waals surface area contributed by atoms with E-state index in [0.717, 1.165) is 38.6 Å². The molecule has 1 saturated heterocycles. The van der Waals surface area contributed by atoms with Crippen LogP contribution in [0.4, 0.5) is 0 Å². The van der Waals surface area contributed by atoms with Crippen LogP contribution >= 0.6 is 0 Å². The highest BCUT2D eigenvalue weighted by atomic mass is 16.3. The summed E-state index contributed by atoms with van der Waals surface area (Å²) < 4.78 is 0. The second-order valence-corrected chi connectivity index (χ2v) is 4.78. The molecular weight excluding hydrogens is 204 g/mol. The highest BCUT2D eigenvalue weighted by molar-refractivity contribution is 5.77. The van der Waals surface area contributed by atoms with Gasteiger partial charge in [0.25, 0.3) is 0 Å². The summed E-state index contributed by atoms with van der Waals surface area (Å²) in [6.07, 6.45) is 5.53. The van der Waals surface area contributed by atoms with Crippen LogP contribution in [0.3, 0.4) is 0 Å². The Hall–Kier alpha value is -0.610. The molecule has 3 N–H and O–H groups in total. The Morgan fingerprint density at radius 3 is 2.50 bits per heavy atom. The molecule has 0 aromatic heterocycles. The number of hydrogen-bond donors (Lipinski definition) is 2. The van der Waals surface area contributed by atoms with Crippen molar-refractivity contribution in [1.82, 2.24) is 4.90 Å². The lowest BCUT2D eigenvalue weighted by molar-refractivity contribution is -0.155. The van der Waals surface area contributed by atoms with Crippen molar-refractivity contribution in [3.63, 3.8) is 0 Å². The highest BCUT2D eigenvalue weighted by Crippen LogP contribution is 2.24. The normalized spacial score (nSPS) is 18.3. The quantitative estimate of drug-likeness (QED) is 0.636. The predicted octanol–water partition coefficient (Wildman–Crippen LogP) is 0.879. The summed E-state index contributed by atoms with van der Waals surface area (Å²) in [4.78, 5) is 13.4. The first-order valence-corrected chi connectivity index (χ1v) is 6.31. The molecule has 94 valence electrons. The smallest absolute Gasteiger partial charge is 0.222 e. The van der Waals surface area contributed by atoms with Crippen molar-refractivity contribution in [3.05, 3.63) is 0 Å². The Morgan fingerprint density at radius 1 is 1.31 bits per heavy atom. The number of β-amino-alcohol motifs (C(OH)–C–C–N with tert-alkyl or cyclic N) is 1. The van der Waals surface area contributed by atoms with Gasteiger partial charge in [0.15, 0.2) is 0 Å². The fraction of sp³-hybridized carbons (Fsp3) is 0.917. The maximum atomic E-state index is 11.7. The standard InChI is InChI=1S/C12H24N2O2/c1-2-12(16)9-14(10-12)11(15)7-5-3-4-6-8-13/h16H,2-10,13H2,1H3. The van der Waals surface area contributed by atoms with Gasteiger partial charge < -0.3 is 15.7 Å². The average Bonchev–Trinajstić information content (AvgIpc) is 2.24. The van der Waals surface area contributed by atoms with E-state index < -0.39 is 5.60 Å². The summed E-state index contributed by atoms with van der Waals surface area (Å²) in [6.45, 7) is 3.73. The van der Waals surface area contributed by atoms with E-state index in [-0.39, 0.29) is 5.91 Å². The zero-order valence-corrected chi connectivity index (χ0v) is 10.2. The van der Waals surface area contributed by atoms with Crippen molar-refractivity contribution < 1.29 is 9.90 Å². The van der Waals surface area contributed by atoms with Crippen LogP contribution in [0.1, 0.15) is 45.4 Å². The van der Waals surface area contributed by atoms with Crippen molar-refractivity contribution in [3.8, 4) is 0 Å².